The largest absolute Gasteiger partial charge is 0.391 e. The average Bonchev–Trinajstić information content (AvgIpc) is 2.64. The minimum atomic E-state index is -0.599. The van der Waals surface area contributed by atoms with Crippen LogP contribution in [0.25, 0.3) is 0 Å². The van der Waals surface area contributed by atoms with E-state index in [0.717, 1.165) is 18.4 Å². The van der Waals surface area contributed by atoms with Crippen molar-refractivity contribution in [2.45, 2.75) is 59.6 Å². The highest BCUT2D eigenvalue weighted by Crippen LogP contribution is 2.21. The summed E-state index contributed by atoms with van der Waals surface area (Å²) < 4.78 is 0. The van der Waals surface area contributed by atoms with Crippen molar-refractivity contribution in [3.05, 3.63) is 35.9 Å². The third-order valence-corrected chi connectivity index (χ3v) is 4.44. The molecule has 0 fully saturated rings. The molecule has 2 amide bonds. The normalized spacial score (nSPS) is 13.8. The number of carbonyl (C=O) groups is 2. The third kappa shape index (κ3) is 8.11. The predicted octanol–water partition coefficient (Wildman–Crippen LogP) is 3.61. The topological polar surface area (TPSA) is 71.0 Å². The molecule has 1 aromatic carbocycles. The molecule has 0 saturated carbocycles. The second-order valence-electron chi connectivity index (χ2n) is 8.30. The van der Waals surface area contributed by atoms with Gasteiger partial charge in [0.25, 0.3) is 0 Å². The fourth-order valence-electron chi connectivity index (χ4n) is 2.66. The second kappa shape index (κ2) is 11.5. The highest BCUT2D eigenvalue weighted by molar-refractivity contribution is 5.96. The lowest BCUT2D eigenvalue weighted by molar-refractivity contribution is -0.137. The molecule has 1 aromatic rings. The first-order chi connectivity index (χ1) is 13.2. The number of amides is 2. The van der Waals surface area contributed by atoms with Crippen LogP contribution < -0.4 is 5.32 Å². The van der Waals surface area contributed by atoms with Gasteiger partial charge >= 0.3 is 0 Å². The minimum absolute atomic E-state index is 0.118. The molecule has 0 aliphatic rings. The van der Waals surface area contributed by atoms with Crippen molar-refractivity contribution in [1.82, 2.24) is 10.2 Å². The van der Waals surface area contributed by atoms with Gasteiger partial charge in [0.05, 0.1) is 12.1 Å². The van der Waals surface area contributed by atoms with Gasteiger partial charge in [-0.1, -0.05) is 76.0 Å². The van der Waals surface area contributed by atoms with E-state index >= 15 is 0 Å². The molecule has 1 N–H and O–H groups in total. The maximum atomic E-state index is 12.9. The Balaban J connectivity index is 2.78. The molecule has 0 spiro atoms. The predicted molar refractivity (Wildman–Crippen MR) is 113 cm³/mol. The summed E-state index contributed by atoms with van der Waals surface area (Å²) in [7, 11) is 3.39. The molecule has 0 heterocycles. The molecular weight excluding hydrogens is 354 g/mol. The fourth-order valence-corrected chi connectivity index (χ4v) is 2.66. The van der Waals surface area contributed by atoms with Gasteiger partial charge in [0.15, 0.2) is 0 Å². The standard InChI is InChI=1S/C22H35N3O3/c1-7-8-14-18(15-23-28-16-17-12-10-9-11-13-17)20(26)24-19(22(2,3)4)21(27)25(5)6/h9-13,15,18-19H,7-8,14,16H2,1-6H3,(H,24,26)/t18?,19-/m1/s1. The molecule has 156 valence electrons. The van der Waals surface area contributed by atoms with Crippen molar-refractivity contribution in [3.8, 4) is 0 Å². The summed E-state index contributed by atoms with van der Waals surface area (Å²) in [6, 6.07) is 9.13. The summed E-state index contributed by atoms with van der Waals surface area (Å²) in [5, 5.41) is 6.94. The number of nitrogens with zero attached hydrogens (tertiary/aromatic N) is 2. The maximum absolute atomic E-state index is 12.9. The van der Waals surface area contributed by atoms with Gasteiger partial charge in [-0.15, -0.1) is 0 Å². The summed E-state index contributed by atoms with van der Waals surface area (Å²) in [6.45, 7) is 8.25. The molecule has 1 rings (SSSR count). The van der Waals surface area contributed by atoms with Crippen molar-refractivity contribution < 1.29 is 14.4 Å². The Hall–Kier alpha value is -2.37. The number of unbranched alkanes of at least 4 members (excludes halogenated alkanes) is 1. The molecule has 28 heavy (non-hydrogen) atoms. The highest BCUT2D eigenvalue weighted by atomic mass is 16.6. The van der Waals surface area contributed by atoms with Gasteiger partial charge in [-0.3, -0.25) is 9.59 Å². The van der Waals surface area contributed by atoms with Crippen molar-refractivity contribution in [2.24, 2.45) is 16.5 Å². The summed E-state index contributed by atoms with van der Waals surface area (Å²) in [5.41, 5.74) is 0.617. The van der Waals surface area contributed by atoms with E-state index < -0.39 is 17.4 Å². The zero-order chi connectivity index (χ0) is 21.2. The molecule has 6 nitrogen and oxygen atoms in total. The lowest BCUT2D eigenvalue weighted by Crippen LogP contribution is -2.54. The van der Waals surface area contributed by atoms with Crippen molar-refractivity contribution >= 4 is 18.0 Å². The van der Waals surface area contributed by atoms with Gasteiger partial charge in [0, 0.05) is 14.1 Å². The first-order valence-corrected chi connectivity index (χ1v) is 9.87. The molecular formula is C22H35N3O3. The monoisotopic (exact) mass is 389 g/mol. The first-order valence-electron chi connectivity index (χ1n) is 9.87. The average molecular weight is 390 g/mol. The molecule has 0 aromatic heterocycles. The van der Waals surface area contributed by atoms with Crippen LogP contribution in [0.2, 0.25) is 0 Å². The van der Waals surface area contributed by atoms with Crippen LogP contribution in [-0.2, 0) is 21.0 Å². The van der Waals surface area contributed by atoms with Crippen LogP contribution >= 0.6 is 0 Å². The van der Waals surface area contributed by atoms with Crippen LogP contribution in [0.5, 0.6) is 0 Å². The van der Waals surface area contributed by atoms with Crippen LogP contribution in [0, 0.1) is 11.3 Å². The zero-order valence-corrected chi connectivity index (χ0v) is 18.1. The van der Waals surface area contributed by atoms with E-state index in [1.165, 1.54) is 4.90 Å². The summed E-state index contributed by atoms with van der Waals surface area (Å²) in [6.07, 6.45) is 4.08. The molecule has 0 radical (unpaired) electrons. The van der Waals surface area contributed by atoms with Gasteiger partial charge in [-0.2, -0.15) is 0 Å². The van der Waals surface area contributed by atoms with Crippen LogP contribution in [0.4, 0.5) is 0 Å². The lowest BCUT2D eigenvalue weighted by atomic mass is 9.85. The van der Waals surface area contributed by atoms with Crippen LogP contribution in [0.15, 0.2) is 35.5 Å². The van der Waals surface area contributed by atoms with E-state index in [-0.39, 0.29) is 11.8 Å². The van der Waals surface area contributed by atoms with Gasteiger partial charge in [-0.25, -0.2) is 0 Å². The van der Waals surface area contributed by atoms with Crippen LogP contribution in [-0.4, -0.2) is 43.1 Å². The fraction of sp³-hybridized carbons (Fsp3) is 0.591. The number of likely N-dealkylation sites (N-methyl/N-ethyl adjacent to an activating group) is 1. The number of benzene rings is 1. The summed E-state index contributed by atoms with van der Waals surface area (Å²) in [5.74, 6) is -0.751. The summed E-state index contributed by atoms with van der Waals surface area (Å²) in [4.78, 5) is 32.3. The van der Waals surface area contributed by atoms with Gasteiger partial charge in [0.1, 0.15) is 12.6 Å². The van der Waals surface area contributed by atoms with Crippen molar-refractivity contribution in [2.75, 3.05) is 14.1 Å². The molecule has 1 unspecified atom stereocenters. The van der Waals surface area contributed by atoms with E-state index in [4.69, 9.17) is 4.84 Å². The summed E-state index contributed by atoms with van der Waals surface area (Å²) >= 11 is 0. The number of hydrogen-bond donors (Lipinski definition) is 1. The third-order valence-electron chi connectivity index (χ3n) is 4.44. The quantitative estimate of drug-likeness (QED) is 0.491. The maximum Gasteiger partial charge on any atom is 0.245 e. The van der Waals surface area contributed by atoms with E-state index in [1.807, 2.05) is 51.1 Å². The lowest BCUT2D eigenvalue weighted by Gasteiger charge is -2.33. The smallest absolute Gasteiger partial charge is 0.245 e. The van der Waals surface area contributed by atoms with E-state index in [2.05, 4.69) is 17.4 Å². The number of nitrogens with one attached hydrogen (secondary N) is 1. The van der Waals surface area contributed by atoms with Crippen LogP contribution in [0.3, 0.4) is 0 Å². The van der Waals surface area contributed by atoms with Crippen molar-refractivity contribution in [1.29, 1.82) is 0 Å². The highest BCUT2D eigenvalue weighted by Gasteiger charge is 2.35. The van der Waals surface area contributed by atoms with Crippen molar-refractivity contribution in [3.63, 3.8) is 0 Å². The molecule has 0 bridgehead atoms. The zero-order valence-electron chi connectivity index (χ0n) is 18.1. The van der Waals surface area contributed by atoms with Gasteiger partial charge in [-0.05, 0) is 17.4 Å². The Labute approximate surface area is 169 Å². The second-order valence-corrected chi connectivity index (χ2v) is 8.30. The van der Waals surface area contributed by atoms with Gasteiger partial charge < -0.3 is 15.1 Å². The van der Waals surface area contributed by atoms with E-state index in [0.29, 0.717) is 13.0 Å². The number of carbonyl (C=O) groups excluding carboxylic acids is 2. The molecule has 0 aliphatic carbocycles. The Kier molecular flexibility index (Phi) is 9.69. The minimum Gasteiger partial charge on any atom is -0.391 e. The number of rotatable bonds is 10. The molecule has 0 aliphatic heterocycles. The number of oxime groups is 1. The first kappa shape index (κ1) is 23.7. The Morgan fingerprint density at radius 3 is 2.39 bits per heavy atom. The SMILES string of the molecule is CCCCC(C=NOCc1ccccc1)C(=O)N[C@H](C(=O)N(C)C)C(C)(C)C. The molecule has 0 saturated heterocycles. The van der Waals surface area contributed by atoms with E-state index in [9.17, 15) is 9.59 Å². The van der Waals surface area contributed by atoms with Gasteiger partial charge in [0.2, 0.25) is 11.8 Å². The Morgan fingerprint density at radius 1 is 1.21 bits per heavy atom. The Bertz CT molecular complexity index is 636. The molecule has 2 atom stereocenters. The Morgan fingerprint density at radius 2 is 1.86 bits per heavy atom. The van der Waals surface area contributed by atoms with E-state index in [1.54, 1.807) is 20.3 Å². The molecule has 6 heteroatoms. The van der Waals surface area contributed by atoms with Crippen LogP contribution in [0.1, 0.15) is 52.5 Å². The number of hydrogen-bond acceptors (Lipinski definition) is 4.